The smallest absolute Gasteiger partial charge is 0.234 e. The fraction of sp³-hybridized carbons (Fsp3) is 0.923. The van der Waals surface area contributed by atoms with Gasteiger partial charge in [-0.15, -0.1) is 0 Å². The lowest BCUT2D eigenvalue weighted by atomic mass is 10.2. The van der Waals surface area contributed by atoms with Crippen LogP contribution in [0.4, 0.5) is 0 Å². The van der Waals surface area contributed by atoms with Gasteiger partial charge in [-0.05, 0) is 46.1 Å². The van der Waals surface area contributed by atoms with Gasteiger partial charge in [0, 0.05) is 24.7 Å². The summed E-state index contributed by atoms with van der Waals surface area (Å²) >= 11 is 0. The molecule has 17 heavy (non-hydrogen) atoms. The van der Waals surface area contributed by atoms with Gasteiger partial charge in [-0.2, -0.15) is 0 Å². The molecular weight excluding hydrogens is 214 g/mol. The van der Waals surface area contributed by atoms with Crippen LogP contribution in [0, 0.1) is 0 Å². The topological polar surface area (TPSA) is 44.4 Å². The molecule has 1 saturated heterocycles. The number of nitrogens with one attached hydrogen (secondary N) is 2. The van der Waals surface area contributed by atoms with Gasteiger partial charge >= 0.3 is 0 Å². The molecule has 0 aromatic rings. The predicted octanol–water partition coefficient (Wildman–Crippen LogP) is 0.727. The summed E-state index contributed by atoms with van der Waals surface area (Å²) in [7, 11) is 0. The predicted molar refractivity (Wildman–Crippen MR) is 68.9 cm³/mol. The third kappa shape index (κ3) is 4.28. The first-order valence-electron chi connectivity index (χ1n) is 6.92. The summed E-state index contributed by atoms with van der Waals surface area (Å²) in [6.07, 6.45) is 5.07. The second kappa shape index (κ2) is 5.83. The zero-order valence-electron chi connectivity index (χ0n) is 11.0. The Kier molecular flexibility index (Phi) is 4.40. The van der Waals surface area contributed by atoms with Crippen molar-refractivity contribution < 1.29 is 4.79 Å². The van der Waals surface area contributed by atoms with Gasteiger partial charge in [-0.1, -0.05) is 0 Å². The molecule has 1 saturated carbocycles. The number of hydrogen-bond acceptors (Lipinski definition) is 3. The largest absolute Gasteiger partial charge is 0.353 e. The first-order chi connectivity index (χ1) is 8.15. The molecule has 4 nitrogen and oxygen atoms in total. The molecule has 1 atom stereocenters. The maximum atomic E-state index is 11.8. The minimum atomic E-state index is 0.171. The van der Waals surface area contributed by atoms with E-state index in [0.29, 0.717) is 18.6 Å². The third-order valence-electron chi connectivity index (χ3n) is 3.48. The number of rotatable bonds is 6. The summed E-state index contributed by atoms with van der Waals surface area (Å²) in [5.41, 5.74) is 0. The number of hydrogen-bond donors (Lipinski definition) is 2. The van der Waals surface area contributed by atoms with Crippen LogP contribution in [-0.4, -0.2) is 48.6 Å². The van der Waals surface area contributed by atoms with Gasteiger partial charge < -0.3 is 10.6 Å². The van der Waals surface area contributed by atoms with E-state index in [-0.39, 0.29) is 11.9 Å². The Morgan fingerprint density at radius 3 is 2.71 bits per heavy atom. The van der Waals surface area contributed by atoms with Crippen molar-refractivity contribution in [3.8, 4) is 0 Å². The summed E-state index contributed by atoms with van der Waals surface area (Å²) in [5.74, 6) is 0.171. The minimum Gasteiger partial charge on any atom is -0.353 e. The summed E-state index contributed by atoms with van der Waals surface area (Å²) in [6.45, 7) is 6.77. The second-order valence-electron chi connectivity index (χ2n) is 5.68. The number of carbonyl (C=O) groups is 1. The van der Waals surface area contributed by atoms with Crippen LogP contribution in [-0.2, 0) is 4.79 Å². The molecule has 2 N–H and O–H groups in total. The highest BCUT2D eigenvalue weighted by atomic mass is 16.2. The molecule has 0 radical (unpaired) electrons. The Labute approximate surface area is 104 Å². The zero-order chi connectivity index (χ0) is 12.3. The van der Waals surface area contributed by atoms with E-state index in [0.717, 1.165) is 13.1 Å². The Bertz CT molecular complexity index is 257. The fourth-order valence-corrected chi connectivity index (χ4v) is 2.53. The highest BCUT2D eigenvalue weighted by Gasteiger charge is 2.32. The molecule has 1 amide bonds. The van der Waals surface area contributed by atoms with Crippen molar-refractivity contribution in [2.45, 2.75) is 57.7 Å². The van der Waals surface area contributed by atoms with Gasteiger partial charge in [-0.25, -0.2) is 0 Å². The van der Waals surface area contributed by atoms with E-state index in [9.17, 15) is 4.79 Å². The van der Waals surface area contributed by atoms with Gasteiger partial charge in [0.1, 0.15) is 0 Å². The van der Waals surface area contributed by atoms with Crippen molar-refractivity contribution in [1.82, 2.24) is 15.5 Å². The van der Waals surface area contributed by atoms with E-state index in [4.69, 9.17) is 0 Å². The Hall–Kier alpha value is -0.610. The average molecular weight is 239 g/mol. The van der Waals surface area contributed by atoms with Crippen LogP contribution in [0.3, 0.4) is 0 Å². The quantitative estimate of drug-likeness (QED) is 0.718. The standard InChI is InChI=1S/C13H25N3O/c1-10(2)15-13(17)9-16(12-5-6-12)8-11-4-3-7-14-11/h10-12,14H,3-9H2,1-2H3,(H,15,17). The highest BCUT2D eigenvalue weighted by molar-refractivity contribution is 5.78. The SMILES string of the molecule is CC(C)NC(=O)CN(CC1CCCN1)C1CC1. The third-order valence-corrected chi connectivity index (χ3v) is 3.48. The van der Waals surface area contributed by atoms with Gasteiger partial charge in [0.25, 0.3) is 0 Å². The van der Waals surface area contributed by atoms with Crippen LogP contribution in [0.15, 0.2) is 0 Å². The summed E-state index contributed by atoms with van der Waals surface area (Å²) in [4.78, 5) is 14.2. The van der Waals surface area contributed by atoms with Crippen LogP contribution in [0.5, 0.6) is 0 Å². The molecule has 1 aliphatic heterocycles. The van der Waals surface area contributed by atoms with Crippen LogP contribution < -0.4 is 10.6 Å². The molecule has 2 rings (SSSR count). The van der Waals surface area contributed by atoms with Crippen LogP contribution in [0.2, 0.25) is 0 Å². The van der Waals surface area contributed by atoms with Crippen LogP contribution in [0.25, 0.3) is 0 Å². The van der Waals surface area contributed by atoms with Gasteiger partial charge in [0.2, 0.25) is 5.91 Å². The summed E-state index contributed by atoms with van der Waals surface area (Å²) in [6, 6.07) is 1.51. The lowest BCUT2D eigenvalue weighted by Gasteiger charge is -2.25. The van der Waals surface area contributed by atoms with Gasteiger partial charge in [0.15, 0.2) is 0 Å². The average Bonchev–Trinajstić information content (AvgIpc) is 2.96. The molecule has 0 aromatic heterocycles. The van der Waals surface area contributed by atoms with Crippen LogP contribution in [0.1, 0.15) is 39.5 Å². The molecule has 0 spiro atoms. The first-order valence-corrected chi connectivity index (χ1v) is 6.92. The molecule has 0 bridgehead atoms. The van der Waals surface area contributed by atoms with E-state index < -0.39 is 0 Å². The van der Waals surface area contributed by atoms with E-state index in [1.165, 1.54) is 25.7 Å². The number of amides is 1. The van der Waals surface area contributed by atoms with Crippen molar-refractivity contribution in [2.24, 2.45) is 0 Å². The van der Waals surface area contributed by atoms with Crippen molar-refractivity contribution >= 4 is 5.91 Å². The van der Waals surface area contributed by atoms with Gasteiger partial charge in [-0.3, -0.25) is 9.69 Å². The maximum Gasteiger partial charge on any atom is 0.234 e. The van der Waals surface area contributed by atoms with Crippen LogP contribution >= 0.6 is 0 Å². The Morgan fingerprint density at radius 1 is 1.41 bits per heavy atom. The molecule has 1 aliphatic carbocycles. The molecule has 1 heterocycles. The lowest BCUT2D eigenvalue weighted by Crippen LogP contribution is -2.45. The summed E-state index contributed by atoms with van der Waals surface area (Å²) < 4.78 is 0. The molecule has 1 unspecified atom stereocenters. The fourth-order valence-electron chi connectivity index (χ4n) is 2.53. The molecule has 2 fully saturated rings. The molecule has 0 aromatic carbocycles. The first kappa shape index (κ1) is 12.8. The van der Waals surface area contributed by atoms with Crippen molar-refractivity contribution in [3.05, 3.63) is 0 Å². The molecule has 98 valence electrons. The minimum absolute atomic E-state index is 0.171. The van der Waals surface area contributed by atoms with E-state index >= 15 is 0 Å². The maximum absolute atomic E-state index is 11.8. The molecule has 2 aliphatic rings. The normalized spacial score (nSPS) is 24.6. The van der Waals surface area contributed by atoms with E-state index in [1.807, 2.05) is 13.8 Å². The number of nitrogens with zero attached hydrogens (tertiary/aromatic N) is 1. The molecule has 4 heteroatoms. The Balaban J connectivity index is 1.77. The second-order valence-corrected chi connectivity index (χ2v) is 5.68. The van der Waals surface area contributed by atoms with E-state index in [1.54, 1.807) is 0 Å². The highest BCUT2D eigenvalue weighted by Crippen LogP contribution is 2.27. The zero-order valence-corrected chi connectivity index (χ0v) is 11.0. The van der Waals surface area contributed by atoms with E-state index in [2.05, 4.69) is 15.5 Å². The van der Waals surface area contributed by atoms with Gasteiger partial charge in [0.05, 0.1) is 6.54 Å². The summed E-state index contributed by atoms with van der Waals surface area (Å²) in [5, 5.41) is 6.49. The monoisotopic (exact) mass is 239 g/mol. The molecular formula is C13H25N3O. The lowest BCUT2D eigenvalue weighted by molar-refractivity contribution is -0.122. The van der Waals surface area contributed by atoms with Crippen molar-refractivity contribution in [3.63, 3.8) is 0 Å². The van der Waals surface area contributed by atoms with Crippen molar-refractivity contribution in [1.29, 1.82) is 0 Å². The Morgan fingerprint density at radius 2 is 2.18 bits per heavy atom. The van der Waals surface area contributed by atoms with Crippen molar-refractivity contribution in [2.75, 3.05) is 19.6 Å². The number of carbonyl (C=O) groups excluding carboxylic acids is 1.